The molecule has 0 aliphatic heterocycles. The van der Waals surface area contributed by atoms with Gasteiger partial charge in [-0.25, -0.2) is 48.9 Å². The van der Waals surface area contributed by atoms with Crippen LogP contribution >= 0.6 is 0 Å². The van der Waals surface area contributed by atoms with Gasteiger partial charge in [-0.05, 0) is 127 Å². The lowest BCUT2D eigenvalue weighted by molar-refractivity contribution is 0.0943. The van der Waals surface area contributed by atoms with Crippen molar-refractivity contribution in [3.05, 3.63) is 198 Å². The summed E-state index contributed by atoms with van der Waals surface area (Å²) in [4.78, 5) is 82.3. The van der Waals surface area contributed by atoms with Crippen molar-refractivity contribution in [2.45, 2.75) is 122 Å². The number of nitrogens with zero attached hydrogens (tertiary/aromatic N) is 17. The number of anilines is 3. The Morgan fingerprint density at radius 1 is 0.462 bits per heavy atom. The van der Waals surface area contributed by atoms with E-state index in [-0.39, 0.29) is 17.7 Å². The standard InChI is InChI=1S/C27H25N7O.C25H25N9O.C24H22N8O2/c28-25-23-24(33-34(19-8-2-3-9-19)26(23)32-16-31-25)22-13-12-17(14-29-22)15-30-27(35)21-11-5-7-18-6-1-4-10-20(18)21;1-14-8-20-16(12-31-32-20)9-18(14)25(35)28-11-15-6-7-19(27-10-15)22-21-23(26)29-13-30-24(21)34(33-22)17-4-2-3-5-17;25-22-19-21(31-32(15-4-1-2-5-15)23(19)29-12-28-22)17-9-8-14(10-26-17)11-27-24(33)16-6-3-7-18-20(16)30-13-34-18/h1,4-7,10-14,16,19H,2-3,8-9,15H2,(H,30,35)(H2,28,31,32);6-10,12-13,17H,2-5,11H2,1H3,(H,28,35)(H,31,32)(H2,26,29,30);3,6-10,12-13,15H,1-2,4-5,11H2,(H,27,33)(H2,25,28,29). The molecule has 18 rings (SSSR count). The Bertz CT molecular complexity index is 5680. The SMILES string of the molecule is Cc1cc2[nH]ncc2cc1C(=O)NCc1ccc(-c2nn(C3CCCC3)c3ncnc(N)c23)nc1.Nc1ncnc2c1c(-c1ccc(CNC(=O)c3cccc4ccccc34)cn1)nn2C1CCCC1.Nc1ncnc2c1c(-c1ccc(CNC(=O)c3cccc4ocnc34)cn1)nn2C1CCCC1. The van der Waals surface area contributed by atoms with Gasteiger partial charge in [-0.1, -0.05) is 99.2 Å². The van der Waals surface area contributed by atoms with E-state index in [4.69, 9.17) is 36.9 Å². The topological polar surface area (TPSA) is 390 Å². The number of rotatable bonds is 15. The second-order valence-electron chi connectivity index (χ2n) is 26.4. The molecule has 3 saturated carbocycles. The average Bonchev–Trinajstić information content (AvgIpc) is 1.62. The normalized spacial score (nSPS) is 14.2. The number of oxazole rings is 1. The number of para-hydroxylation sites is 1. The van der Waals surface area contributed by atoms with Gasteiger partial charge in [0.05, 0.1) is 68.6 Å². The Hall–Kier alpha value is -13.0. The van der Waals surface area contributed by atoms with Crippen LogP contribution in [-0.4, -0.2) is 107 Å². The minimum absolute atomic E-state index is 0.114. The monoisotopic (exact) mass is 1380 g/mol. The first-order chi connectivity index (χ1) is 51.0. The minimum atomic E-state index is -0.227. The summed E-state index contributed by atoms with van der Waals surface area (Å²) in [6.07, 6.45) is 26.4. The summed E-state index contributed by atoms with van der Waals surface area (Å²) < 4.78 is 11.2. The van der Waals surface area contributed by atoms with Crippen LogP contribution in [0.1, 0.15) is 149 Å². The first-order valence-electron chi connectivity index (χ1n) is 34.9. The molecule has 15 aromatic rings. The first kappa shape index (κ1) is 65.6. The van der Waals surface area contributed by atoms with Gasteiger partial charge in [-0.15, -0.1) is 0 Å². The van der Waals surface area contributed by atoms with Crippen molar-refractivity contribution >= 4 is 101 Å². The lowest BCUT2D eigenvalue weighted by atomic mass is 10.0. The van der Waals surface area contributed by atoms with E-state index in [0.717, 1.165) is 116 Å². The molecule has 3 amide bonds. The van der Waals surface area contributed by atoms with Crippen LogP contribution in [-0.2, 0) is 19.6 Å². The molecule has 520 valence electrons. The van der Waals surface area contributed by atoms with E-state index in [2.05, 4.69) is 76.0 Å². The molecule has 3 aliphatic carbocycles. The predicted octanol–water partition coefficient (Wildman–Crippen LogP) is 12.0. The Morgan fingerprint density at radius 3 is 1.37 bits per heavy atom. The van der Waals surface area contributed by atoms with E-state index in [1.54, 1.807) is 43.0 Å². The molecule has 0 bridgehead atoms. The number of nitrogens with one attached hydrogen (secondary N) is 4. The largest absolute Gasteiger partial charge is 0.443 e. The number of nitrogen functional groups attached to an aromatic ring is 3. The van der Waals surface area contributed by atoms with Crippen LogP contribution < -0.4 is 33.2 Å². The number of amides is 3. The van der Waals surface area contributed by atoms with Crippen molar-refractivity contribution in [2.75, 3.05) is 17.2 Å². The molecule has 0 unspecified atom stereocenters. The zero-order valence-corrected chi connectivity index (χ0v) is 56.8. The van der Waals surface area contributed by atoms with Crippen LogP contribution in [0.4, 0.5) is 17.5 Å². The number of carbonyl (C=O) groups excluding carboxylic acids is 3. The van der Waals surface area contributed by atoms with Gasteiger partial charge in [0.25, 0.3) is 17.7 Å². The molecule has 11 heterocycles. The summed E-state index contributed by atoms with van der Waals surface area (Å²) in [6, 6.07) is 35.1. The van der Waals surface area contributed by atoms with Crippen LogP contribution in [0.5, 0.6) is 0 Å². The van der Waals surface area contributed by atoms with Crippen LogP contribution in [0.2, 0.25) is 0 Å². The third-order valence-corrected chi connectivity index (χ3v) is 19.8. The second kappa shape index (κ2) is 28.6. The highest BCUT2D eigenvalue weighted by Gasteiger charge is 2.29. The van der Waals surface area contributed by atoms with Crippen LogP contribution in [0.25, 0.3) is 100 Å². The third-order valence-electron chi connectivity index (χ3n) is 19.8. The fraction of sp³-hybridized carbons (Fsp3) is 0.250. The van der Waals surface area contributed by atoms with Gasteiger partial charge in [0, 0.05) is 54.7 Å². The molecule has 0 spiro atoms. The van der Waals surface area contributed by atoms with E-state index in [0.29, 0.717) is 117 Å². The van der Waals surface area contributed by atoms with Crippen molar-refractivity contribution in [2.24, 2.45) is 0 Å². The van der Waals surface area contributed by atoms with E-state index >= 15 is 0 Å². The van der Waals surface area contributed by atoms with Gasteiger partial charge in [0.15, 0.2) is 28.9 Å². The van der Waals surface area contributed by atoms with Crippen LogP contribution in [0.3, 0.4) is 0 Å². The lowest BCUT2D eigenvalue weighted by Gasteiger charge is -2.10. The fourth-order valence-electron chi connectivity index (χ4n) is 14.4. The van der Waals surface area contributed by atoms with E-state index in [9.17, 15) is 14.4 Å². The van der Waals surface area contributed by atoms with Crippen molar-refractivity contribution in [3.8, 4) is 34.2 Å². The predicted molar refractivity (Wildman–Crippen MR) is 394 cm³/mol. The number of pyridine rings is 3. The third kappa shape index (κ3) is 13.0. The minimum Gasteiger partial charge on any atom is -0.443 e. The highest BCUT2D eigenvalue weighted by Crippen LogP contribution is 2.40. The Kier molecular flexibility index (Phi) is 18.0. The van der Waals surface area contributed by atoms with Gasteiger partial charge in [-0.2, -0.15) is 20.4 Å². The number of benzene rings is 4. The van der Waals surface area contributed by atoms with E-state index < -0.39 is 0 Å². The smallest absolute Gasteiger partial charge is 0.253 e. The number of carbonyl (C=O) groups is 3. The number of aromatic nitrogens is 18. The van der Waals surface area contributed by atoms with Gasteiger partial charge >= 0.3 is 0 Å². The maximum atomic E-state index is 12.9. The molecular weight excluding hydrogens is 1310 g/mol. The molecule has 0 saturated heterocycles. The summed E-state index contributed by atoms with van der Waals surface area (Å²) >= 11 is 0. The molecule has 10 N–H and O–H groups in total. The number of aryl methyl sites for hydroxylation is 1. The summed E-state index contributed by atoms with van der Waals surface area (Å²) in [5.41, 5.74) is 32.4. The number of aromatic amines is 1. The Morgan fingerprint density at radius 2 is 0.894 bits per heavy atom. The van der Waals surface area contributed by atoms with Gasteiger partial charge in [-0.3, -0.25) is 34.4 Å². The molecule has 104 heavy (non-hydrogen) atoms. The highest BCUT2D eigenvalue weighted by molar-refractivity contribution is 6.07. The van der Waals surface area contributed by atoms with Crippen molar-refractivity contribution < 1.29 is 18.8 Å². The number of H-pyrrole nitrogens is 1. The van der Waals surface area contributed by atoms with E-state index in [1.165, 1.54) is 63.9 Å². The first-order valence-corrected chi connectivity index (χ1v) is 34.9. The van der Waals surface area contributed by atoms with Gasteiger partial charge < -0.3 is 37.6 Å². The molecular formula is C76H72N24O4. The Labute approximate surface area is 593 Å². The zero-order chi connectivity index (χ0) is 70.8. The number of fused-ring (bicyclic) bond motifs is 6. The van der Waals surface area contributed by atoms with Crippen LogP contribution in [0.15, 0.2) is 164 Å². The van der Waals surface area contributed by atoms with Gasteiger partial charge in [0.1, 0.15) is 59.0 Å². The Balaban J connectivity index is 0.000000120. The molecule has 3 aliphatic rings. The quantitative estimate of drug-likeness (QED) is 0.0501. The van der Waals surface area contributed by atoms with Crippen molar-refractivity contribution in [1.82, 2.24) is 105 Å². The summed E-state index contributed by atoms with van der Waals surface area (Å²) in [5, 5.41) is 35.5. The maximum absolute atomic E-state index is 12.9. The molecule has 11 aromatic heterocycles. The zero-order valence-electron chi connectivity index (χ0n) is 56.8. The second-order valence-corrected chi connectivity index (χ2v) is 26.4. The molecule has 0 radical (unpaired) electrons. The fourth-order valence-corrected chi connectivity index (χ4v) is 14.4. The molecule has 28 nitrogen and oxygen atoms in total. The highest BCUT2D eigenvalue weighted by atomic mass is 16.3. The van der Waals surface area contributed by atoms with E-state index in [1.807, 2.05) is 112 Å². The molecule has 3 fully saturated rings. The van der Waals surface area contributed by atoms with Crippen molar-refractivity contribution in [3.63, 3.8) is 0 Å². The molecule has 0 atom stereocenters. The molecule has 4 aromatic carbocycles. The molecule has 28 heteroatoms. The number of nitrogens with two attached hydrogens (primary N) is 3. The number of hydrogen-bond acceptors (Lipinski definition) is 21. The average molecular weight is 1390 g/mol. The lowest BCUT2D eigenvalue weighted by Crippen LogP contribution is -2.23. The maximum Gasteiger partial charge on any atom is 0.253 e. The summed E-state index contributed by atoms with van der Waals surface area (Å²) in [6.45, 7) is 2.97. The summed E-state index contributed by atoms with van der Waals surface area (Å²) in [5.74, 6) is 0.719. The number of hydrogen-bond donors (Lipinski definition) is 7. The van der Waals surface area contributed by atoms with Crippen LogP contribution in [0, 0.1) is 6.92 Å². The summed E-state index contributed by atoms with van der Waals surface area (Å²) in [7, 11) is 0. The van der Waals surface area contributed by atoms with Crippen molar-refractivity contribution in [1.29, 1.82) is 0 Å². The van der Waals surface area contributed by atoms with Gasteiger partial charge in [0.2, 0.25) is 0 Å².